The number of nitro groups is 1. The molecule has 0 atom stereocenters. The Morgan fingerprint density at radius 1 is 1.20 bits per heavy atom. The summed E-state index contributed by atoms with van der Waals surface area (Å²) < 4.78 is 21.1. The molecule has 25 heavy (non-hydrogen) atoms. The van der Waals surface area contributed by atoms with Crippen molar-refractivity contribution in [2.75, 3.05) is 20.3 Å². The highest BCUT2D eigenvalue weighted by Crippen LogP contribution is 2.37. The summed E-state index contributed by atoms with van der Waals surface area (Å²) in [5.74, 6) is 0.252. The van der Waals surface area contributed by atoms with Crippen molar-refractivity contribution in [3.05, 3.63) is 57.6 Å². The Kier molecular flexibility index (Phi) is 4.69. The molecule has 8 heteroatoms. The molecular formula is C17H15NO7. The van der Waals surface area contributed by atoms with Crippen molar-refractivity contribution in [3.63, 3.8) is 0 Å². The number of hydrogen-bond acceptors (Lipinski definition) is 7. The van der Waals surface area contributed by atoms with Crippen LogP contribution in [0.25, 0.3) is 0 Å². The highest BCUT2D eigenvalue weighted by atomic mass is 16.6. The van der Waals surface area contributed by atoms with Crippen LogP contribution in [-0.4, -0.2) is 31.2 Å². The van der Waals surface area contributed by atoms with Crippen molar-refractivity contribution in [2.24, 2.45) is 0 Å². The van der Waals surface area contributed by atoms with Crippen molar-refractivity contribution in [3.8, 4) is 17.2 Å². The molecule has 0 spiro atoms. The van der Waals surface area contributed by atoms with Crippen LogP contribution in [0, 0.1) is 10.1 Å². The SMILES string of the molecule is COc1ccccc1COC(=O)c1cc2c(cc1[N+](=O)[O-])OCCO2. The number of rotatable bonds is 5. The maximum Gasteiger partial charge on any atom is 0.345 e. The Labute approximate surface area is 143 Å². The van der Waals surface area contributed by atoms with Crippen LogP contribution in [0.5, 0.6) is 17.2 Å². The van der Waals surface area contributed by atoms with Gasteiger partial charge in [-0.15, -0.1) is 0 Å². The van der Waals surface area contributed by atoms with Crippen molar-refractivity contribution < 1.29 is 28.7 Å². The molecule has 1 aliphatic rings. The summed E-state index contributed by atoms with van der Waals surface area (Å²) in [5, 5.41) is 11.3. The number of carbonyl (C=O) groups excluding carboxylic acids is 1. The number of fused-ring (bicyclic) bond motifs is 1. The van der Waals surface area contributed by atoms with Crippen LogP contribution in [0.4, 0.5) is 5.69 Å². The first-order chi connectivity index (χ1) is 12.1. The Bertz CT molecular complexity index is 819. The van der Waals surface area contributed by atoms with Crippen molar-refractivity contribution >= 4 is 11.7 Å². The van der Waals surface area contributed by atoms with Gasteiger partial charge in [-0.3, -0.25) is 10.1 Å². The fourth-order valence-electron chi connectivity index (χ4n) is 2.44. The molecule has 130 valence electrons. The molecule has 0 amide bonds. The summed E-state index contributed by atoms with van der Waals surface area (Å²) >= 11 is 0. The number of methoxy groups -OCH3 is 1. The molecule has 8 nitrogen and oxygen atoms in total. The maximum atomic E-state index is 12.4. The zero-order chi connectivity index (χ0) is 17.8. The molecule has 0 saturated heterocycles. The van der Waals surface area contributed by atoms with E-state index in [2.05, 4.69) is 0 Å². The summed E-state index contributed by atoms with van der Waals surface area (Å²) in [6, 6.07) is 9.49. The third-order valence-corrected chi connectivity index (χ3v) is 3.63. The summed E-state index contributed by atoms with van der Waals surface area (Å²) in [4.78, 5) is 23.0. The third-order valence-electron chi connectivity index (χ3n) is 3.63. The van der Waals surface area contributed by atoms with E-state index in [1.54, 1.807) is 24.3 Å². The van der Waals surface area contributed by atoms with E-state index >= 15 is 0 Å². The van der Waals surface area contributed by atoms with Gasteiger partial charge in [-0.2, -0.15) is 0 Å². The normalized spacial score (nSPS) is 12.4. The van der Waals surface area contributed by atoms with Crippen LogP contribution in [-0.2, 0) is 11.3 Å². The van der Waals surface area contributed by atoms with Gasteiger partial charge in [-0.1, -0.05) is 18.2 Å². The van der Waals surface area contributed by atoms with E-state index < -0.39 is 16.6 Å². The predicted molar refractivity (Wildman–Crippen MR) is 86.2 cm³/mol. The van der Waals surface area contributed by atoms with Gasteiger partial charge in [0.15, 0.2) is 11.5 Å². The highest BCUT2D eigenvalue weighted by Gasteiger charge is 2.27. The van der Waals surface area contributed by atoms with Gasteiger partial charge < -0.3 is 18.9 Å². The third kappa shape index (κ3) is 3.47. The number of esters is 1. The van der Waals surface area contributed by atoms with E-state index in [0.717, 1.165) is 0 Å². The number of nitro benzene ring substituents is 1. The summed E-state index contributed by atoms with van der Waals surface area (Å²) in [6.07, 6.45) is 0. The molecule has 0 fully saturated rings. The number of benzene rings is 2. The molecule has 0 saturated carbocycles. The van der Waals surface area contributed by atoms with E-state index in [9.17, 15) is 14.9 Å². The van der Waals surface area contributed by atoms with E-state index in [0.29, 0.717) is 24.5 Å². The first kappa shape index (κ1) is 16.6. The fraction of sp³-hybridized carbons (Fsp3) is 0.235. The van der Waals surface area contributed by atoms with Crippen molar-refractivity contribution in [1.82, 2.24) is 0 Å². The van der Waals surface area contributed by atoms with Crippen LogP contribution >= 0.6 is 0 Å². The second-order valence-corrected chi connectivity index (χ2v) is 5.16. The van der Waals surface area contributed by atoms with Gasteiger partial charge in [-0.25, -0.2) is 4.79 Å². The zero-order valence-electron chi connectivity index (χ0n) is 13.4. The monoisotopic (exact) mass is 345 g/mol. The zero-order valence-corrected chi connectivity index (χ0v) is 13.4. The number of hydrogen-bond donors (Lipinski definition) is 0. The largest absolute Gasteiger partial charge is 0.496 e. The standard InChI is InChI=1S/C17H15NO7/c1-22-14-5-3-2-4-11(14)10-25-17(19)12-8-15-16(24-7-6-23-15)9-13(12)18(20)21/h2-5,8-9H,6-7,10H2,1H3. The molecule has 0 N–H and O–H groups in total. The van der Waals surface area contributed by atoms with Gasteiger partial charge in [0.05, 0.1) is 18.1 Å². The lowest BCUT2D eigenvalue weighted by atomic mass is 10.1. The molecule has 2 aromatic rings. The first-order valence-corrected chi connectivity index (χ1v) is 7.47. The Morgan fingerprint density at radius 3 is 2.56 bits per heavy atom. The van der Waals surface area contributed by atoms with Crippen molar-refractivity contribution in [1.29, 1.82) is 0 Å². The molecular weight excluding hydrogens is 330 g/mol. The first-order valence-electron chi connectivity index (χ1n) is 7.47. The Hall–Kier alpha value is -3.29. The molecule has 3 rings (SSSR count). The average Bonchev–Trinajstić information content (AvgIpc) is 2.65. The molecule has 1 aliphatic heterocycles. The summed E-state index contributed by atoms with van der Waals surface area (Å²) in [5.41, 5.74) is 0.0666. The predicted octanol–water partition coefficient (Wildman–Crippen LogP) is 2.73. The molecule has 0 radical (unpaired) electrons. The number of nitrogens with zero attached hydrogens (tertiary/aromatic N) is 1. The lowest BCUT2D eigenvalue weighted by Crippen LogP contribution is -2.17. The smallest absolute Gasteiger partial charge is 0.345 e. The fourth-order valence-corrected chi connectivity index (χ4v) is 2.44. The van der Waals surface area contributed by atoms with Gasteiger partial charge in [0, 0.05) is 11.6 Å². The Morgan fingerprint density at radius 2 is 1.88 bits per heavy atom. The lowest BCUT2D eigenvalue weighted by molar-refractivity contribution is -0.385. The molecule has 2 aromatic carbocycles. The average molecular weight is 345 g/mol. The van der Waals surface area contributed by atoms with E-state index in [1.807, 2.05) is 0 Å². The van der Waals surface area contributed by atoms with Gasteiger partial charge in [0.2, 0.25) is 0 Å². The maximum absolute atomic E-state index is 12.4. The van der Waals surface area contributed by atoms with E-state index in [4.69, 9.17) is 18.9 Å². The quantitative estimate of drug-likeness (QED) is 0.467. The minimum atomic E-state index is -0.824. The van der Waals surface area contributed by atoms with Gasteiger partial charge in [0.1, 0.15) is 31.1 Å². The van der Waals surface area contributed by atoms with Crippen LogP contribution in [0.3, 0.4) is 0 Å². The topological polar surface area (TPSA) is 97.1 Å². The van der Waals surface area contributed by atoms with Crippen LogP contribution in [0.1, 0.15) is 15.9 Å². The number of para-hydroxylation sites is 1. The van der Waals surface area contributed by atoms with Gasteiger partial charge in [0.25, 0.3) is 5.69 Å². The lowest BCUT2D eigenvalue weighted by Gasteiger charge is -2.18. The number of carbonyl (C=O) groups is 1. The molecule has 0 aliphatic carbocycles. The number of ether oxygens (including phenoxy) is 4. The Balaban J connectivity index is 1.85. The molecule has 0 bridgehead atoms. The van der Waals surface area contributed by atoms with E-state index in [1.165, 1.54) is 19.2 Å². The molecule has 0 unspecified atom stereocenters. The van der Waals surface area contributed by atoms with Gasteiger partial charge >= 0.3 is 5.97 Å². The highest BCUT2D eigenvalue weighted by molar-refractivity contribution is 5.95. The van der Waals surface area contributed by atoms with Crippen LogP contribution in [0.15, 0.2) is 36.4 Å². The minimum Gasteiger partial charge on any atom is -0.496 e. The second kappa shape index (κ2) is 7.08. The van der Waals surface area contributed by atoms with Crippen molar-refractivity contribution in [2.45, 2.75) is 6.61 Å². The van der Waals surface area contributed by atoms with Crippen LogP contribution < -0.4 is 14.2 Å². The van der Waals surface area contributed by atoms with Gasteiger partial charge in [-0.05, 0) is 6.07 Å². The summed E-state index contributed by atoms with van der Waals surface area (Å²) in [6.45, 7) is 0.525. The minimum absolute atomic E-state index is 0.0750. The second-order valence-electron chi connectivity index (χ2n) is 5.16. The van der Waals surface area contributed by atoms with E-state index in [-0.39, 0.29) is 23.7 Å². The molecule has 0 aromatic heterocycles. The summed E-state index contributed by atoms with van der Waals surface area (Å²) in [7, 11) is 1.51. The molecule has 1 heterocycles. The van der Waals surface area contributed by atoms with Crippen LogP contribution in [0.2, 0.25) is 0 Å².